The minimum Gasteiger partial charge on any atom is -0.214 e. The van der Waals surface area contributed by atoms with E-state index in [1.54, 1.807) is 0 Å². The molecule has 1 saturated heterocycles. The molecule has 0 radical (unpaired) electrons. The van der Waals surface area contributed by atoms with Crippen molar-refractivity contribution in [3.63, 3.8) is 0 Å². The van der Waals surface area contributed by atoms with E-state index in [1.165, 1.54) is 0 Å². The van der Waals surface area contributed by atoms with E-state index in [-0.39, 0.29) is 18.1 Å². The van der Waals surface area contributed by atoms with Crippen LogP contribution in [0, 0.1) is 0 Å². The quantitative estimate of drug-likeness (QED) is 0.771. The van der Waals surface area contributed by atoms with Gasteiger partial charge in [-0.1, -0.05) is 18.0 Å². The van der Waals surface area contributed by atoms with E-state index < -0.39 is 42.7 Å². The summed E-state index contributed by atoms with van der Waals surface area (Å²) in [5, 5.41) is -0.321. The van der Waals surface area contributed by atoms with Gasteiger partial charge < -0.3 is 0 Å². The lowest BCUT2D eigenvalue weighted by Gasteiger charge is -2.35. The van der Waals surface area contributed by atoms with Crippen molar-refractivity contribution in [3.8, 4) is 0 Å². The first-order valence-electron chi connectivity index (χ1n) is 7.65. The fourth-order valence-electron chi connectivity index (χ4n) is 2.75. The largest absolute Gasteiger partial charge is 0.416 e. The number of benzene rings is 1. The molecule has 0 bridgehead atoms. The summed E-state index contributed by atoms with van der Waals surface area (Å²) in [6.07, 6.45) is -2.19. The maximum atomic E-state index is 12.9. The Morgan fingerprint density at radius 3 is 2.46 bits per heavy atom. The Kier molecular flexibility index (Phi) is 6.28. The van der Waals surface area contributed by atoms with Crippen molar-refractivity contribution < 1.29 is 30.0 Å². The van der Waals surface area contributed by atoms with Crippen LogP contribution in [-0.2, 0) is 26.2 Å². The van der Waals surface area contributed by atoms with Crippen LogP contribution in [0.25, 0.3) is 0 Å². The standard InChI is InChI=1S/C14H18ClF3N2O4S2/c1-25(21,22)19-9-11-4-2-3-7-20(11)26(23,24)13-8-10(14(16,17)18)5-6-12(13)15/h5-6,8,11,19H,2-4,7,9H2,1H3/t11-/m1/s1. The maximum absolute atomic E-state index is 12.9. The van der Waals surface area contributed by atoms with Crippen LogP contribution in [0.5, 0.6) is 0 Å². The first-order chi connectivity index (χ1) is 11.8. The number of piperidine rings is 1. The summed E-state index contributed by atoms with van der Waals surface area (Å²) in [7, 11) is -7.86. The van der Waals surface area contributed by atoms with E-state index in [4.69, 9.17) is 11.6 Å². The highest BCUT2D eigenvalue weighted by Gasteiger charge is 2.37. The first kappa shape index (κ1) is 21.4. The molecule has 1 N–H and O–H groups in total. The van der Waals surface area contributed by atoms with Crippen molar-refractivity contribution in [2.45, 2.75) is 36.4 Å². The van der Waals surface area contributed by atoms with Gasteiger partial charge in [-0.25, -0.2) is 21.6 Å². The highest BCUT2D eigenvalue weighted by atomic mass is 35.5. The molecule has 12 heteroatoms. The number of sulfonamides is 2. The Hall–Kier alpha value is -0.880. The molecule has 1 aliphatic rings. The van der Waals surface area contributed by atoms with Gasteiger partial charge >= 0.3 is 6.18 Å². The van der Waals surface area contributed by atoms with Gasteiger partial charge in [-0.15, -0.1) is 0 Å². The summed E-state index contributed by atoms with van der Waals surface area (Å²) >= 11 is 5.86. The molecule has 1 aromatic rings. The Morgan fingerprint density at radius 2 is 1.88 bits per heavy atom. The van der Waals surface area contributed by atoms with Crippen molar-refractivity contribution in [2.24, 2.45) is 0 Å². The van der Waals surface area contributed by atoms with Crippen molar-refractivity contribution >= 4 is 31.6 Å². The van der Waals surface area contributed by atoms with Gasteiger partial charge in [0.25, 0.3) is 0 Å². The number of nitrogens with zero attached hydrogens (tertiary/aromatic N) is 1. The second kappa shape index (κ2) is 7.63. The number of hydrogen-bond donors (Lipinski definition) is 1. The summed E-state index contributed by atoms with van der Waals surface area (Å²) in [4.78, 5) is -0.639. The molecule has 26 heavy (non-hydrogen) atoms. The predicted molar refractivity (Wildman–Crippen MR) is 90.8 cm³/mol. The van der Waals surface area contributed by atoms with Crippen molar-refractivity contribution in [1.29, 1.82) is 0 Å². The lowest BCUT2D eigenvalue weighted by molar-refractivity contribution is -0.137. The molecule has 0 amide bonds. The summed E-state index contributed by atoms with van der Waals surface area (Å²) < 4.78 is 90.5. The predicted octanol–water partition coefficient (Wildman–Crippen LogP) is 2.45. The molecular formula is C14H18ClF3N2O4S2. The molecule has 2 rings (SSSR count). The Labute approximate surface area is 155 Å². The second-order valence-corrected chi connectivity index (χ2v) is 10.1. The summed E-state index contributed by atoms with van der Waals surface area (Å²) in [6, 6.07) is 1.41. The Bertz CT molecular complexity index is 873. The van der Waals surface area contributed by atoms with E-state index in [9.17, 15) is 30.0 Å². The molecule has 0 saturated carbocycles. The molecule has 1 heterocycles. The second-order valence-electron chi connectivity index (χ2n) is 6.03. The Morgan fingerprint density at radius 1 is 1.23 bits per heavy atom. The van der Waals surface area contributed by atoms with Crippen LogP contribution >= 0.6 is 11.6 Å². The average Bonchev–Trinajstić information content (AvgIpc) is 2.51. The molecule has 6 nitrogen and oxygen atoms in total. The number of halogens is 4. The van der Waals surface area contributed by atoms with Gasteiger partial charge in [0.05, 0.1) is 16.8 Å². The van der Waals surface area contributed by atoms with Gasteiger partial charge in [-0.2, -0.15) is 17.5 Å². The van der Waals surface area contributed by atoms with Gasteiger partial charge in [0.15, 0.2) is 0 Å². The monoisotopic (exact) mass is 434 g/mol. The van der Waals surface area contributed by atoms with E-state index >= 15 is 0 Å². The lowest BCUT2D eigenvalue weighted by Crippen LogP contribution is -2.49. The molecule has 148 valence electrons. The van der Waals surface area contributed by atoms with E-state index in [0.29, 0.717) is 31.4 Å². The van der Waals surface area contributed by atoms with Crippen molar-refractivity contribution in [3.05, 3.63) is 28.8 Å². The lowest BCUT2D eigenvalue weighted by atomic mass is 10.1. The normalized spacial score (nSPS) is 20.3. The maximum Gasteiger partial charge on any atom is 0.416 e. The minimum atomic E-state index is -4.71. The molecule has 1 atom stereocenters. The van der Waals surface area contributed by atoms with Crippen molar-refractivity contribution in [1.82, 2.24) is 9.03 Å². The van der Waals surface area contributed by atoms with Crippen molar-refractivity contribution in [2.75, 3.05) is 19.3 Å². The molecule has 0 unspecified atom stereocenters. The third-order valence-corrected chi connectivity index (χ3v) is 7.12. The summed E-state index contributed by atoms with van der Waals surface area (Å²) in [5.41, 5.74) is -1.12. The average molecular weight is 435 g/mol. The molecule has 0 spiro atoms. The highest BCUT2D eigenvalue weighted by molar-refractivity contribution is 7.89. The van der Waals surface area contributed by atoms with Gasteiger partial charge in [0, 0.05) is 19.1 Å². The summed E-state index contributed by atoms with van der Waals surface area (Å²) in [6.45, 7) is -0.0837. The topological polar surface area (TPSA) is 83.6 Å². The highest BCUT2D eigenvalue weighted by Crippen LogP contribution is 2.35. The molecular weight excluding hydrogens is 417 g/mol. The van der Waals surface area contributed by atoms with Crippen LogP contribution in [0.15, 0.2) is 23.1 Å². The first-order valence-corrected chi connectivity index (χ1v) is 11.4. The van der Waals surface area contributed by atoms with Crippen LogP contribution in [-0.4, -0.2) is 46.5 Å². The Balaban J connectivity index is 2.41. The fraction of sp³-hybridized carbons (Fsp3) is 0.571. The smallest absolute Gasteiger partial charge is 0.214 e. The zero-order valence-electron chi connectivity index (χ0n) is 13.8. The minimum absolute atomic E-state index is 0.0744. The van der Waals surface area contributed by atoms with E-state index in [0.717, 1.165) is 16.6 Å². The van der Waals surface area contributed by atoms with E-state index in [1.807, 2.05) is 0 Å². The number of nitrogens with one attached hydrogen (secondary N) is 1. The zero-order valence-corrected chi connectivity index (χ0v) is 16.1. The van der Waals surface area contributed by atoms with Crippen LogP contribution in [0.2, 0.25) is 5.02 Å². The summed E-state index contributed by atoms with van der Waals surface area (Å²) in [5.74, 6) is 0. The molecule has 0 aromatic heterocycles. The van der Waals surface area contributed by atoms with E-state index in [2.05, 4.69) is 4.72 Å². The SMILES string of the molecule is CS(=O)(=O)NC[C@H]1CCCCN1S(=O)(=O)c1cc(C(F)(F)F)ccc1Cl. The molecule has 0 aliphatic carbocycles. The van der Waals surface area contributed by atoms with Crippen LogP contribution < -0.4 is 4.72 Å². The number of hydrogen-bond acceptors (Lipinski definition) is 4. The molecule has 1 aliphatic heterocycles. The number of rotatable bonds is 5. The van der Waals surface area contributed by atoms with Crippen LogP contribution in [0.1, 0.15) is 24.8 Å². The van der Waals surface area contributed by atoms with Crippen LogP contribution in [0.3, 0.4) is 0 Å². The molecule has 1 aromatic carbocycles. The van der Waals surface area contributed by atoms with Gasteiger partial charge in [-0.05, 0) is 31.0 Å². The van der Waals surface area contributed by atoms with Crippen LogP contribution in [0.4, 0.5) is 13.2 Å². The zero-order chi connectivity index (χ0) is 19.8. The fourth-order valence-corrected chi connectivity index (χ4v) is 5.44. The third-order valence-electron chi connectivity index (χ3n) is 4.00. The third kappa shape index (κ3) is 5.10. The van der Waals surface area contributed by atoms with Gasteiger partial charge in [0.2, 0.25) is 20.0 Å². The number of alkyl halides is 3. The molecule has 1 fully saturated rings. The van der Waals surface area contributed by atoms with Gasteiger partial charge in [0.1, 0.15) is 4.90 Å². The van der Waals surface area contributed by atoms with Gasteiger partial charge in [-0.3, -0.25) is 0 Å².